The van der Waals surface area contributed by atoms with Gasteiger partial charge in [-0.3, -0.25) is 9.55 Å². The fourth-order valence-corrected chi connectivity index (χ4v) is 11.7. The van der Waals surface area contributed by atoms with Crippen LogP contribution in [-0.2, 0) is 27.4 Å². The molecule has 0 radical (unpaired) electrons. The number of rotatable bonds is 12. The molecule has 9 aromatic carbocycles. The molecule has 380 valence electrons. The first-order chi connectivity index (χ1) is 39.0. The SMILES string of the molecule is [2H]C1(c2ccccc2)CCC([2H])(c2ccc(-c3ccnc(-c4[c-]c(-c5cccc6c5nc(-c5cccc(-c7ccccc7)c5O)n6-c5ccc(C([2H])([2H])C6CCCC6)cc5-c5ccccc5)cc(-c5ccccc5)c4)c3)cc2)CC1.[Pt]. The van der Waals surface area contributed by atoms with Gasteiger partial charge in [0.15, 0.2) is 0 Å². The summed E-state index contributed by atoms with van der Waals surface area (Å²) >= 11 is 0. The van der Waals surface area contributed by atoms with Gasteiger partial charge in [0.1, 0.15) is 11.6 Å². The van der Waals surface area contributed by atoms with Gasteiger partial charge in [-0.1, -0.05) is 224 Å². The average Bonchev–Trinajstić information content (AvgIpc) is 4.23. The Bertz CT molecular complexity index is 4030. The fourth-order valence-electron chi connectivity index (χ4n) is 11.7. The molecular weight excluding hydrogens is 1120 g/mol. The molecule has 11 aromatic rings. The van der Waals surface area contributed by atoms with E-state index in [0.717, 1.165) is 109 Å². The number of aromatic nitrogens is 3. The van der Waals surface area contributed by atoms with Crippen molar-refractivity contribution in [1.82, 2.24) is 14.5 Å². The predicted molar refractivity (Wildman–Crippen MR) is 313 cm³/mol. The Morgan fingerprint density at radius 3 is 1.75 bits per heavy atom. The van der Waals surface area contributed by atoms with Crippen LogP contribution in [0, 0.1) is 12.0 Å². The number of imidazole rings is 1. The first kappa shape index (κ1) is 45.3. The van der Waals surface area contributed by atoms with E-state index in [9.17, 15) is 10.6 Å². The smallest absolute Gasteiger partial charge is 0.148 e. The topological polar surface area (TPSA) is 50.9 Å². The summed E-state index contributed by atoms with van der Waals surface area (Å²) in [5.41, 5.74) is 16.2. The molecule has 2 aliphatic rings. The summed E-state index contributed by atoms with van der Waals surface area (Å²) in [6, 6.07) is 79.4. The quantitative estimate of drug-likeness (QED) is 0.124. The molecule has 0 atom stereocenters. The van der Waals surface area contributed by atoms with Crippen LogP contribution in [0.1, 0.15) is 85.3 Å². The maximum absolute atomic E-state index is 12.5. The van der Waals surface area contributed by atoms with E-state index in [-0.39, 0.29) is 32.7 Å². The third-order valence-corrected chi connectivity index (χ3v) is 15.7. The summed E-state index contributed by atoms with van der Waals surface area (Å²) in [6.45, 7) is 0. The van der Waals surface area contributed by atoms with E-state index < -0.39 is 18.2 Å². The maximum Gasteiger partial charge on any atom is 0.148 e. The number of hydrogen-bond acceptors (Lipinski definition) is 3. The zero-order valence-corrected chi connectivity index (χ0v) is 45.1. The van der Waals surface area contributed by atoms with E-state index >= 15 is 0 Å². The van der Waals surface area contributed by atoms with Crippen LogP contribution in [0.5, 0.6) is 5.75 Å². The van der Waals surface area contributed by atoms with E-state index in [1.54, 1.807) is 0 Å². The molecule has 0 bridgehead atoms. The number of phenols is 1. The van der Waals surface area contributed by atoms with Gasteiger partial charge in [-0.25, -0.2) is 4.98 Å². The Morgan fingerprint density at radius 1 is 0.494 bits per heavy atom. The third kappa shape index (κ3) is 10.3. The second-order valence-electron chi connectivity index (χ2n) is 20.4. The number of pyridine rings is 1. The molecule has 0 unspecified atom stereocenters. The number of hydrogen-bond donors (Lipinski definition) is 1. The zero-order chi connectivity index (χ0) is 54.4. The van der Waals surface area contributed by atoms with E-state index in [1.807, 2.05) is 146 Å². The number of benzene rings is 9. The van der Waals surface area contributed by atoms with Crippen LogP contribution in [0.15, 0.2) is 231 Å². The van der Waals surface area contributed by atoms with Crippen LogP contribution in [0.4, 0.5) is 0 Å². The van der Waals surface area contributed by atoms with Crippen molar-refractivity contribution in [2.75, 3.05) is 0 Å². The van der Waals surface area contributed by atoms with Crippen molar-refractivity contribution in [3.63, 3.8) is 0 Å². The standard InChI is InChI=1S/C72H60N3O.Pt/c76-71-64(57-23-9-3-10-24-57)28-15-29-65(71)72-74-70-63(27-16-30-69(70)75(72)68-40-31-50(43-49-17-13-14-18-49)44-66(68)58-25-11-4-12-26-58)61-45-60(52-21-7-2-8-22-52)46-62(47-61)67-48-59(41-42-73-67)56-38-36-55(37-39-56)54-34-32-53(33-35-54)51-19-5-1-6-20-51;/h1-12,15-16,19-31,36-42,44-46,48-49,53-54,76H,13-14,17-18,32-35,43H2;/q-1;/i43D2,53D,54D;. The van der Waals surface area contributed by atoms with E-state index in [2.05, 4.69) is 95.6 Å². The Kier molecular flexibility index (Phi) is 13.2. The zero-order valence-electron chi connectivity index (χ0n) is 46.8. The summed E-state index contributed by atoms with van der Waals surface area (Å²) in [4.78, 5) is 10.6. The minimum Gasteiger partial charge on any atom is -0.507 e. The van der Waals surface area contributed by atoms with E-state index in [0.29, 0.717) is 53.7 Å². The number of nitrogens with zero attached hydrogens (tertiary/aromatic N) is 3. The first-order valence-electron chi connectivity index (χ1n) is 28.9. The summed E-state index contributed by atoms with van der Waals surface area (Å²) in [6.07, 6.45) is 6.68. The Morgan fingerprint density at radius 2 is 1.06 bits per heavy atom. The van der Waals surface area contributed by atoms with Crippen molar-refractivity contribution in [3.05, 3.63) is 253 Å². The van der Waals surface area contributed by atoms with Crippen molar-refractivity contribution in [3.8, 4) is 89.7 Å². The maximum atomic E-state index is 12.5. The van der Waals surface area contributed by atoms with Crippen molar-refractivity contribution < 1.29 is 31.7 Å². The van der Waals surface area contributed by atoms with Gasteiger partial charge >= 0.3 is 0 Å². The molecule has 0 aliphatic heterocycles. The molecule has 2 aromatic heterocycles. The molecule has 0 spiro atoms. The van der Waals surface area contributed by atoms with Gasteiger partial charge in [0.25, 0.3) is 0 Å². The summed E-state index contributed by atoms with van der Waals surface area (Å²) in [5.74, 6) is -0.825. The molecule has 2 saturated carbocycles. The van der Waals surface area contributed by atoms with Crippen molar-refractivity contribution in [2.24, 2.45) is 5.92 Å². The second kappa shape index (κ2) is 22.4. The van der Waals surface area contributed by atoms with Crippen molar-refractivity contribution in [1.29, 1.82) is 0 Å². The minimum atomic E-state index is -1.52. The summed E-state index contributed by atoms with van der Waals surface area (Å²) in [7, 11) is 0. The van der Waals surface area contributed by atoms with E-state index in [1.165, 1.54) is 0 Å². The normalized spacial score (nSPS) is 18.4. The minimum absolute atomic E-state index is 0. The summed E-state index contributed by atoms with van der Waals surface area (Å²) in [5, 5.41) is 12.5. The average molecular weight is 1180 g/mol. The Labute approximate surface area is 473 Å². The number of fused-ring (bicyclic) bond motifs is 1. The monoisotopic (exact) mass is 1180 g/mol. The van der Waals surface area contributed by atoms with Gasteiger partial charge in [-0.2, -0.15) is 0 Å². The molecule has 2 heterocycles. The second-order valence-corrected chi connectivity index (χ2v) is 20.4. The van der Waals surface area contributed by atoms with Crippen LogP contribution in [0.3, 0.4) is 0 Å². The molecule has 2 aliphatic carbocycles. The molecule has 0 amide bonds. The van der Waals surface area contributed by atoms with E-state index in [4.69, 9.17) is 9.97 Å². The van der Waals surface area contributed by atoms with Crippen molar-refractivity contribution >= 4 is 11.0 Å². The molecule has 13 rings (SSSR count). The van der Waals surface area contributed by atoms with Crippen LogP contribution in [-0.4, -0.2) is 19.6 Å². The number of para-hydroxylation sites is 2. The van der Waals surface area contributed by atoms with Gasteiger partial charge < -0.3 is 5.11 Å². The first-order valence-corrected chi connectivity index (χ1v) is 26.9. The molecule has 5 heteroatoms. The molecule has 2 fully saturated rings. The van der Waals surface area contributed by atoms with Crippen LogP contribution in [0.25, 0.3) is 95.0 Å². The van der Waals surface area contributed by atoms with Gasteiger partial charge in [0, 0.05) is 49.6 Å². The molecule has 1 N–H and O–H groups in total. The van der Waals surface area contributed by atoms with Crippen molar-refractivity contribution in [2.45, 2.75) is 69.5 Å². The fraction of sp³-hybridized carbons (Fsp3) is 0.167. The molecule has 4 nitrogen and oxygen atoms in total. The number of aromatic hydroxyl groups is 1. The molecule has 77 heavy (non-hydrogen) atoms. The van der Waals surface area contributed by atoms with Gasteiger partial charge in [0.05, 0.1) is 22.3 Å². The largest absolute Gasteiger partial charge is 0.507 e. The van der Waals surface area contributed by atoms with Crippen LogP contribution in [0.2, 0.25) is 0 Å². The molecule has 0 saturated heterocycles. The molecular formula is C72H60N3OPt-. The summed E-state index contributed by atoms with van der Waals surface area (Å²) < 4.78 is 40.0. The van der Waals surface area contributed by atoms with Gasteiger partial charge in [-0.15, -0.1) is 23.8 Å². The van der Waals surface area contributed by atoms with Gasteiger partial charge in [0.2, 0.25) is 0 Å². The number of phenolic OH excluding ortho intramolecular Hbond substituents is 1. The predicted octanol–water partition coefficient (Wildman–Crippen LogP) is 18.8. The van der Waals surface area contributed by atoms with Gasteiger partial charge in [-0.05, 0) is 125 Å². The van der Waals surface area contributed by atoms with Crippen LogP contribution < -0.4 is 0 Å². The van der Waals surface area contributed by atoms with Crippen LogP contribution >= 0.6 is 0 Å². The Balaban J connectivity index is 0.00000651. The third-order valence-electron chi connectivity index (χ3n) is 15.7. The Hall–Kier alpha value is -7.91.